The number of fused-ring (bicyclic) bond motifs is 2. The first-order chi connectivity index (χ1) is 26.4. The molecule has 0 amide bonds. The second-order valence-electron chi connectivity index (χ2n) is 12.7. The second kappa shape index (κ2) is 15.8. The van der Waals surface area contributed by atoms with Crippen LogP contribution in [0.4, 0.5) is 10.1 Å². The van der Waals surface area contributed by atoms with Gasteiger partial charge in [0, 0.05) is 54.6 Å². The third-order valence-corrected chi connectivity index (χ3v) is 9.14. The van der Waals surface area contributed by atoms with Crippen LogP contribution in [-0.2, 0) is 0 Å². The van der Waals surface area contributed by atoms with Crippen molar-refractivity contribution in [3.8, 4) is 45.6 Å². The largest absolute Gasteiger partial charge is 0.508 e. The predicted molar refractivity (Wildman–Crippen MR) is 213 cm³/mol. The number of aromatic hydroxyl groups is 3. The Bertz CT molecular complexity index is 2830. The number of hydrogen-bond acceptors (Lipinski definition) is 10. The summed E-state index contributed by atoms with van der Waals surface area (Å²) < 4.78 is 20.9. The molecule has 1 atom stereocenters. The summed E-state index contributed by atoms with van der Waals surface area (Å²) in [5.74, 6) is -0.240. The Balaban J connectivity index is 0.000000208. The van der Waals surface area contributed by atoms with Crippen molar-refractivity contribution in [2.24, 2.45) is 0 Å². The summed E-state index contributed by atoms with van der Waals surface area (Å²) >= 11 is 5.83. The standard InChI is InChI=1S/C24H20ClFN6O2.C16H12O5.CH4/c1-13-8-15(32-7-6-27-12-32)10-19-22(13)31-23(30-19)21-18(4-5-28-24(21)34)29-11-20(33)14-2-3-17(26)16(25)9-14;1-8-4-9(2-3-11(8)18)14-7-13(20)16-12(19)5-10(17)6-15(16)21-14;/h2-10,12,20,33H,11H2,1H3,(H,30,31)(H2,28,29,34);2-7,17-19H,1H3;1H4. The Morgan fingerprint density at radius 1 is 0.964 bits per heavy atom. The molecule has 4 heterocycles. The van der Waals surface area contributed by atoms with E-state index in [2.05, 4.69) is 25.3 Å². The number of aromatic amines is 2. The molecule has 15 heteroatoms. The van der Waals surface area contributed by atoms with E-state index < -0.39 is 17.3 Å². The molecule has 0 aliphatic heterocycles. The van der Waals surface area contributed by atoms with E-state index in [4.69, 9.17) is 16.0 Å². The van der Waals surface area contributed by atoms with Gasteiger partial charge in [-0.2, -0.15) is 0 Å². The number of phenols is 3. The Kier molecular flexibility index (Phi) is 11.0. The van der Waals surface area contributed by atoms with E-state index in [1.807, 2.05) is 29.8 Å². The van der Waals surface area contributed by atoms with Gasteiger partial charge in [-0.3, -0.25) is 9.59 Å². The van der Waals surface area contributed by atoms with Crippen LogP contribution in [0.15, 0.2) is 112 Å². The number of halogens is 2. The van der Waals surface area contributed by atoms with Crippen LogP contribution in [0.25, 0.3) is 50.4 Å². The predicted octanol–water partition coefficient (Wildman–Crippen LogP) is 7.87. The van der Waals surface area contributed by atoms with Crippen LogP contribution in [-0.4, -0.2) is 51.5 Å². The van der Waals surface area contributed by atoms with Crippen molar-refractivity contribution in [3.05, 3.63) is 146 Å². The molecule has 4 aromatic heterocycles. The van der Waals surface area contributed by atoms with Crippen molar-refractivity contribution in [1.82, 2.24) is 24.5 Å². The maximum atomic E-state index is 13.4. The van der Waals surface area contributed by atoms with Gasteiger partial charge in [-0.25, -0.2) is 14.4 Å². The van der Waals surface area contributed by atoms with Gasteiger partial charge in [-0.15, -0.1) is 0 Å². The van der Waals surface area contributed by atoms with E-state index in [1.165, 1.54) is 42.6 Å². The summed E-state index contributed by atoms with van der Waals surface area (Å²) in [5, 5.41) is 42.3. The third-order valence-electron chi connectivity index (χ3n) is 8.85. The van der Waals surface area contributed by atoms with E-state index in [0.29, 0.717) is 39.5 Å². The highest BCUT2D eigenvalue weighted by molar-refractivity contribution is 6.30. The Morgan fingerprint density at radius 3 is 2.50 bits per heavy atom. The van der Waals surface area contributed by atoms with Crippen molar-refractivity contribution in [2.75, 3.05) is 11.9 Å². The topological polar surface area (TPSA) is 203 Å². The number of benzene rings is 4. The number of aromatic nitrogens is 5. The lowest BCUT2D eigenvalue weighted by Gasteiger charge is -2.15. The lowest BCUT2D eigenvalue weighted by Crippen LogP contribution is -2.17. The molecule has 0 fully saturated rings. The van der Waals surface area contributed by atoms with Crippen molar-refractivity contribution in [1.29, 1.82) is 0 Å². The molecule has 56 heavy (non-hydrogen) atoms. The molecule has 0 saturated heterocycles. The maximum Gasteiger partial charge on any atom is 0.261 e. The zero-order valence-corrected chi connectivity index (χ0v) is 29.9. The number of aliphatic hydroxyl groups excluding tert-OH is 1. The fourth-order valence-corrected chi connectivity index (χ4v) is 6.25. The number of hydrogen-bond donors (Lipinski definition) is 7. The lowest BCUT2D eigenvalue weighted by molar-refractivity contribution is 0.191. The highest BCUT2D eigenvalue weighted by Crippen LogP contribution is 2.32. The molecule has 0 aliphatic rings. The van der Waals surface area contributed by atoms with E-state index in [0.717, 1.165) is 28.4 Å². The number of pyridine rings is 1. The molecule has 0 aliphatic carbocycles. The average Bonchev–Trinajstić information content (AvgIpc) is 3.84. The zero-order chi connectivity index (χ0) is 39.0. The van der Waals surface area contributed by atoms with Gasteiger partial charge in [-0.1, -0.05) is 25.1 Å². The molecular weight excluding hydrogens is 743 g/mol. The molecule has 8 rings (SSSR count). The third kappa shape index (κ3) is 7.83. The molecule has 7 N–H and O–H groups in total. The van der Waals surface area contributed by atoms with Gasteiger partial charge in [0.1, 0.15) is 51.2 Å². The number of H-pyrrole nitrogens is 2. The van der Waals surface area contributed by atoms with Crippen molar-refractivity contribution >= 4 is 39.3 Å². The number of nitrogens with one attached hydrogen (secondary N) is 3. The Hall–Kier alpha value is -6.90. The first-order valence-corrected chi connectivity index (χ1v) is 17.1. The van der Waals surface area contributed by atoms with Crippen LogP contribution in [0, 0.1) is 19.7 Å². The number of aryl methyl sites for hydroxylation is 2. The normalized spacial score (nSPS) is 11.5. The quantitative estimate of drug-likeness (QED) is 0.0834. The first-order valence-electron chi connectivity index (χ1n) is 16.7. The number of imidazole rings is 2. The number of aliphatic hydroxyl groups is 1. The molecule has 286 valence electrons. The van der Waals surface area contributed by atoms with E-state index >= 15 is 0 Å². The summed E-state index contributed by atoms with van der Waals surface area (Å²) in [5.41, 5.74) is 5.24. The van der Waals surface area contributed by atoms with Gasteiger partial charge in [0.2, 0.25) is 0 Å². The molecule has 0 radical (unpaired) electrons. The minimum absolute atomic E-state index is 0. The maximum absolute atomic E-state index is 13.4. The van der Waals surface area contributed by atoms with E-state index in [1.54, 1.807) is 37.6 Å². The highest BCUT2D eigenvalue weighted by atomic mass is 35.5. The summed E-state index contributed by atoms with van der Waals surface area (Å²) in [7, 11) is 0. The molecule has 13 nitrogen and oxygen atoms in total. The van der Waals surface area contributed by atoms with Gasteiger partial charge >= 0.3 is 0 Å². The molecular formula is C41H36ClFN6O7. The minimum atomic E-state index is -0.971. The van der Waals surface area contributed by atoms with E-state index in [9.17, 15) is 34.4 Å². The molecule has 4 aromatic carbocycles. The number of anilines is 1. The van der Waals surface area contributed by atoms with Crippen molar-refractivity contribution in [3.63, 3.8) is 0 Å². The smallest absolute Gasteiger partial charge is 0.261 e. The van der Waals surface area contributed by atoms with Crippen LogP contribution < -0.4 is 16.3 Å². The molecule has 0 bridgehead atoms. The monoisotopic (exact) mass is 778 g/mol. The SMILES string of the molecule is C.Cc1cc(-c2cc(=O)c3c(O)cc(O)cc3o2)ccc1O.Cc1cc(-n2ccnc2)cc2[nH]c(-c3c(NCC(O)c4ccc(F)c(Cl)c4)cc[nH]c3=O)nc12. The zero-order valence-electron chi connectivity index (χ0n) is 29.1. The van der Waals surface area contributed by atoms with Gasteiger partial charge < -0.3 is 44.7 Å². The minimum Gasteiger partial charge on any atom is -0.508 e. The van der Waals surface area contributed by atoms with Gasteiger partial charge in [0.15, 0.2) is 5.43 Å². The van der Waals surface area contributed by atoms with Gasteiger partial charge in [0.25, 0.3) is 5.56 Å². The molecule has 8 aromatic rings. The summed E-state index contributed by atoms with van der Waals surface area (Å²) in [6.07, 6.45) is 5.80. The van der Waals surface area contributed by atoms with Gasteiger partial charge in [0.05, 0.1) is 34.2 Å². The van der Waals surface area contributed by atoms with Crippen LogP contribution in [0.2, 0.25) is 5.02 Å². The van der Waals surface area contributed by atoms with E-state index in [-0.39, 0.29) is 52.8 Å². The summed E-state index contributed by atoms with van der Waals surface area (Å²) in [6, 6.07) is 18.1. The average molecular weight is 779 g/mol. The van der Waals surface area contributed by atoms with Crippen molar-refractivity contribution in [2.45, 2.75) is 27.4 Å². The van der Waals surface area contributed by atoms with Crippen LogP contribution in [0.5, 0.6) is 17.2 Å². The number of nitrogens with zero attached hydrogens (tertiary/aromatic N) is 3. The first kappa shape index (κ1) is 38.8. The molecule has 0 saturated carbocycles. The number of rotatable bonds is 7. The fraction of sp³-hybridized carbons (Fsp3) is 0.122. The Morgan fingerprint density at radius 2 is 1.77 bits per heavy atom. The molecule has 1 unspecified atom stereocenters. The fourth-order valence-electron chi connectivity index (χ4n) is 6.06. The number of phenolic OH excluding ortho intramolecular Hbond substituents is 3. The van der Waals surface area contributed by atoms with Crippen LogP contribution in [0.1, 0.15) is 30.2 Å². The Labute approximate surface area is 323 Å². The van der Waals surface area contributed by atoms with Crippen LogP contribution >= 0.6 is 11.6 Å². The second-order valence-corrected chi connectivity index (χ2v) is 13.1. The molecule has 0 spiro atoms. The highest BCUT2D eigenvalue weighted by Gasteiger charge is 2.18. The lowest BCUT2D eigenvalue weighted by atomic mass is 10.1. The summed E-state index contributed by atoms with van der Waals surface area (Å²) in [6.45, 7) is 3.75. The van der Waals surface area contributed by atoms with Crippen LogP contribution in [0.3, 0.4) is 0 Å². The van der Waals surface area contributed by atoms with Crippen molar-refractivity contribution < 1.29 is 29.2 Å². The van der Waals surface area contributed by atoms with Gasteiger partial charge in [-0.05, 0) is 79.1 Å². The summed E-state index contributed by atoms with van der Waals surface area (Å²) in [4.78, 5) is 39.5.